The molecule has 0 fully saturated rings. The molecule has 1 aliphatic carbocycles. The van der Waals surface area contributed by atoms with Crippen molar-refractivity contribution in [1.29, 1.82) is 0 Å². The van der Waals surface area contributed by atoms with Gasteiger partial charge in [-0.2, -0.15) is 0 Å². The number of hydrogen-bond acceptors (Lipinski definition) is 1. The molecule has 47 heavy (non-hydrogen) atoms. The summed E-state index contributed by atoms with van der Waals surface area (Å²) in [6.07, 6.45) is 0. The zero-order chi connectivity index (χ0) is 31.7. The highest BCUT2D eigenvalue weighted by atomic mass is 15.0. The van der Waals surface area contributed by atoms with Crippen LogP contribution in [-0.4, -0.2) is 4.57 Å². The van der Waals surface area contributed by atoms with Crippen LogP contribution in [0.4, 0.5) is 5.69 Å². The quantitative estimate of drug-likeness (QED) is 0.200. The smallest absolute Gasteiger partial charge is 0.0541 e. The Morgan fingerprint density at radius 2 is 1.00 bits per heavy atom. The molecule has 9 rings (SSSR count). The maximum absolute atomic E-state index is 5.90. The first-order chi connectivity index (χ1) is 23.0. The maximum atomic E-state index is 5.90. The first kappa shape index (κ1) is 27.5. The van der Waals surface area contributed by atoms with Crippen LogP contribution < -0.4 is 5.73 Å². The van der Waals surface area contributed by atoms with Crippen LogP contribution in [0, 0.1) is 0 Å². The molecule has 0 aliphatic heterocycles. The van der Waals surface area contributed by atoms with Crippen molar-refractivity contribution in [2.24, 2.45) is 0 Å². The number of rotatable bonds is 4. The molecule has 0 spiro atoms. The number of anilines is 1. The minimum absolute atomic E-state index is 0.0273. The Kier molecular flexibility index (Phi) is 6.04. The van der Waals surface area contributed by atoms with Gasteiger partial charge in [0.2, 0.25) is 0 Å². The molecule has 0 amide bonds. The molecule has 2 N–H and O–H groups in total. The van der Waals surface area contributed by atoms with Gasteiger partial charge in [0.05, 0.1) is 11.0 Å². The largest absolute Gasteiger partial charge is 0.399 e. The van der Waals surface area contributed by atoms with E-state index in [1.165, 1.54) is 77.4 Å². The second-order valence-electron chi connectivity index (χ2n) is 13.3. The molecule has 0 saturated carbocycles. The maximum Gasteiger partial charge on any atom is 0.0541 e. The van der Waals surface area contributed by atoms with Crippen molar-refractivity contribution >= 4 is 27.5 Å². The summed E-state index contributed by atoms with van der Waals surface area (Å²) < 4.78 is 2.41. The SMILES string of the molecule is CC1(C)c2ccccc2-c2ccc(-c3cccc(-n4c5ccccc5c5cc(-c6ccc(-c7ccc(N)cc7)cc6)ccc54)c3)cc21. The van der Waals surface area contributed by atoms with Gasteiger partial charge in [-0.3, -0.25) is 0 Å². The van der Waals surface area contributed by atoms with E-state index in [4.69, 9.17) is 5.73 Å². The van der Waals surface area contributed by atoms with E-state index in [0.717, 1.165) is 11.4 Å². The Balaban J connectivity index is 1.12. The van der Waals surface area contributed by atoms with Gasteiger partial charge in [-0.25, -0.2) is 0 Å². The predicted molar refractivity (Wildman–Crippen MR) is 199 cm³/mol. The van der Waals surface area contributed by atoms with Crippen LogP contribution in [0.3, 0.4) is 0 Å². The summed E-state index contributed by atoms with van der Waals surface area (Å²) in [5, 5.41) is 2.51. The highest BCUT2D eigenvalue weighted by molar-refractivity contribution is 6.10. The van der Waals surface area contributed by atoms with Gasteiger partial charge in [0.25, 0.3) is 0 Å². The van der Waals surface area contributed by atoms with Gasteiger partial charge in [0, 0.05) is 27.6 Å². The number of nitrogens with zero attached hydrogens (tertiary/aromatic N) is 1. The summed E-state index contributed by atoms with van der Waals surface area (Å²) in [6, 6.07) is 57.3. The average Bonchev–Trinajstić information content (AvgIpc) is 3.57. The summed E-state index contributed by atoms with van der Waals surface area (Å²) in [7, 11) is 0. The number of fused-ring (bicyclic) bond motifs is 6. The van der Waals surface area contributed by atoms with E-state index in [-0.39, 0.29) is 5.41 Å². The molecule has 0 atom stereocenters. The summed E-state index contributed by atoms with van der Waals surface area (Å²) >= 11 is 0. The summed E-state index contributed by atoms with van der Waals surface area (Å²) in [5.74, 6) is 0. The number of para-hydroxylation sites is 1. The minimum Gasteiger partial charge on any atom is -0.399 e. The third-order valence-electron chi connectivity index (χ3n) is 10.2. The summed E-state index contributed by atoms with van der Waals surface area (Å²) in [4.78, 5) is 0. The normalized spacial score (nSPS) is 13.1. The fourth-order valence-corrected chi connectivity index (χ4v) is 7.67. The Morgan fingerprint density at radius 3 is 1.81 bits per heavy atom. The molecule has 0 radical (unpaired) electrons. The third-order valence-corrected chi connectivity index (χ3v) is 10.2. The fraction of sp³-hybridized carbons (Fsp3) is 0.0667. The molecular weight excluding hydrogens is 569 g/mol. The molecule has 0 unspecified atom stereocenters. The molecule has 2 heteroatoms. The van der Waals surface area contributed by atoms with Gasteiger partial charge < -0.3 is 10.3 Å². The van der Waals surface area contributed by atoms with Crippen molar-refractivity contribution in [2.75, 3.05) is 5.73 Å². The Morgan fingerprint density at radius 1 is 0.426 bits per heavy atom. The van der Waals surface area contributed by atoms with Gasteiger partial charge in [-0.1, -0.05) is 123 Å². The molecule has 224 valence electrons. The second kappa shape index (κ2) is 10.3. The van der Waals surface area contributed by atoms with Gasteiger partial charge in [-0.05, 0) is 104 Å². The van der Waals surface area contributed by atoms with Crippen molar-refractivity contribution < 1.29 is 0 Å². The van der Waals surface area contributed by atoms with E-state index in [2.05, 4.69) is 164 Å². The number of nitrogens with two attached hydrogens (primary N) is 1. The lowest BCUT2D eigenvalue weighted by molar-refractivity contribution is 0.660. The topological polar surface area (TPSA) is 30.9 Å². The van der Waals surface area contributed by atoms with Crippen LogP contribution in [0.25, 0.3) is 72.0 Å². The number of aromatic nitrogens is 1. The Hall–Kier alpha value is -5.86. The van der Waals surface area contributed by atoms with Crippen molar-refractivity contribution in [2.45, 2.75) is 19.3 Å². The lowest BCUT2D eigenvalue weighted by Gasteiger charge is -2.22. The van der Waals surface area contributed by atoms with Gasteiger partial charge in [0.1, 0.15) is 0 Å². The molecular formula is C45H34N2. The van der Waals surface area contributed by atoms with Crippen LogP contribution in [-0.2, 0) is 5.41 Å². The zero-order valence-electron chi connectivity index (χ0n) is 26.5. The van der Waals surface area contributed by atoms with Crippen molar-refractivity contribution in [3.8, 4) is 50.2 Å². The predicted octanol–water partition coefficient (Wildman–Crippen LogP) is 11.7. The minimum atomic E-state index is -0.0273. The van der Waals surface area contributed by atoms with E-state index in [0.29, 0.717) is 0 Å². The Bertz CT molecular complexity index is 2480. The second-order valence-corrected chi connectivity index (χ2v) is 13.3. The van der Waals surface area contributed by atoms with Crippen LogP contribution in [0.1, 0.15) is 25.0 Å². The highest BCUT2D eigenvalue weighted by Gasteiger charge is 2.35. The van der Waals surface area contributed by atoms with Crippen molar-refractivity contribution in [3.05, 3.63) is 169 Å². The standard InChI is InChI=1S/C45H34N2/c1-45(2)41-12-5-3-10-37(41)38-24-20-34(28-42(38)45)32-8-7-9-36(26-32)47-43-13-6-4-11-39(43)40-27-33(21-25-44(40)47)31-16-14-29(15-17-31)30-18-22-35(46)23-19-30/h3-28H,46H2,1-2H3. The molecule has 1 aromatic heterocycles. The van der Waals surface area contributed by atoms with E-state index in [1.54, 1.807) is 0 Å². The molecule has 8 aromatic rings. The van der Waals surface area contributed by atoms with Gasteiger partial charge >= 0.3 is 0 Å². The number of benzene rings is 7. The molecule has 7 aromatic carbocycles. The summed E-state index contributed by atoms with van der Waals surface area (Å²) in [6.45, 7) is 4.69. The van der Waals surface area contributed by atoms with Crippen LogP contribution in [0.15, 0.2) is 158 Å². The molecule has 0 bridgehead atoms. The van der Waals surface area contributed by atoms with Gasteiger partial charge in [0.15, 0.2) is 0 Å². The van der Waals surface area contributed by atoms with Crippen LogP contribution in [0.2, 0.25) is 0 Å². The van der Waals surface area contributed by atoms with E-state index in [9.17, 15) is 0 Å². The highest BCUT2D eigenvalue weighted by Crippen LogP contribution is 2.49. The van der Waals surface area contributed by atoms with E-state index in [1.807, 2.05) is 12.1 Å². The first-order valence-electron chi connectivity index (χ1n) is 16.3. The monoisotopic (exact) mass is 602 g/mol. The van der Waals surface area contributed by atoms with Crippen molar-refractivity contribution in [1.82, 2.24) is 4.57 Å². The van der Waals surface area contributed by atoms with Crippen LogP contribution in [0.5, 0.6) is 0 Å². The summed E-state index contributed by atoms with van der Waals surface area (Å²) in [5.41, 5.74) is 23.0. The number of nitrogen functional groups attached to an aromatic ring is 1. The molecule has 0 saturated heterocycles. The zero-order valence-corrected chi connectivity index (χ0v) is 26.5. The number of hydrogen-bond donors (Lipinski definition) is 1. The molecule has 1 heterocycles. The Labute approximate surface area is 275 Å². The van der Waals surface area contributed by atoms with Crippen molar-refractivity contribution in [3.63, 3.8) is 0 Å². The third kappa shape index (κ3) is 4.33. The lowest BCUT2D eigenvalue weighted by atomic mass is 9.81. The van der Waals surface area contributed by atoms with E-state index >= 15 is 0 Å². The molecule has 1 aliphatic rings. The fourth-order valence-electron chi connectivity index (χ4n) is 7.67. The lowest BCUT2D eigenvalue weighted by Crippen LogP contribution is -2.14. The average molecular weight is 603 g/mol. The van der Waals surface area contributed by atoms with Gasteiger partial charge in [-0.15, -0.1) is 0 Å². The van der Waals surface area contributed by atoms with Crippen LogP contribution >= 0.6 is 0 Å². The molecule has 2 nitrogen and oxygen atoms in total. The first-order valence-corrected chi connectivity index (χ1v) is 16.3. The van der Waals surface area contributed by atoms with E-state index < -0.39 is 0 Å².